The summed E-state index contributed by atoms with van der Waals surface area (Å²) < 4.78 is 0. The lowest BCUT2D eigenvalue weighted by atomic mass is 9.53. The van der Waals surface area contributed by atoms with Crippen molar-refractivity contribution in [1.29, 1.82) is 0 Å². The molecule has 7 rings (SSSR count). The maximum atomic E-state index is 13.3. The molecule has 5 aliphatic rings. The normalized spacial score (nSPS) is 33.2. The molecule has 5 fully saturated rings. The first-order valence-corrected chi connectivity index (χ1v) is 12.3. The molecule has 32 heavy (non-hydrogen) atoms. The van der Waals surface area contributed by atoms with Crippen molar-refractivity contribution in [1.82, 2.24) is 9.97 Å². The Kier molecular flexibility index (Phi) is 5.04. The molecule has 1 saturated heterocycles. The van der Waals surface area contributed by atoms with E-state index >= 15 is 0 Å². The van der Waals surface area contributed by atoms with Gasteiger partial charge in [0.15, 0.2) is 0 Å². The summed E-state index contributed by atoms with van der Waals surface area (Å²) in [6.07, 6.45) is 15.2. The van der Waals surface area contributed by atoms with Gasteiger partial charge in [-0.3, -0.25) is 9.78 Å². The minimum atomic E-state index is -0.0432. The van der Waals surface area contributed by atoms with Crippen molar-refractivity contribution in [2.75, 3.05) is 28.6 Å². The number of anilines is 3. The van der Waals surface area contributed by atoms with Crippen LogP contribution in [0.1, 0.15) is 51.4 Å². The Morgan fingerprint density at radius 2 is 1.72 bits per heavy atom. The Bertz CT molecular complexity index is 942. The molecule has 2 heterocycles. The van der Waals surface area contributed by atoms with Crippen LogP contribution in [-0.2, 0) is 4.79 Å². The summed E-state index contributed by atoms with van der Waals surface area (Å²) in [6, 6.07) is 8.28. The number of aromatic nitrogens is 2. The molecule has 6 heteroatoms. The number of carbonyl (C=O) groups is 1. The molecule has 168 valence electrons. The molecule has 2 aromatic rings. The minimum Gasteiger partial charge on any atom is -0.378 e. The Labute approximate surface area is 190 Å². The van der Waals surface area contributed by atoms with Crippen LogP contribution in [0.25, 0.3) is 0 Å². The summed E-state index contributed by atoms with van der Waals surface area (Å²) in [7, 11) is 0. The van der Waals surface area contributed by atoms with Gasteiger partial charge in [-0.05, 0) is 81.3 Å². The van der Waals surface area contributed by atoms with Crippen LogP contribution < -0.4 is 15.5 Å². The third kappa shape index (κ3) is 3.84. The number of para-hydroxylation sites is 2. The first-order chi connectivity index (χ1) is 15.7. The van der Waals surface area contributed by atoms with Crippen molar-refractivity contribution < 1.29 is 4.79 Å². The Morgan fingerprint density at radius 1 is 1.00 bits per heavy atom. The van der Waals surface area contributed by atoms with Crippen LogP contribution in [0.5, 0.6) is 0 Å². The molecule has 6 nitrogen and oxygen atoms in total. The number of amides is 1. The third-order valence-corrected chi connectivity index (χ3v) is 8.29. The molecule has 0 spiro atoms. The average Bonchev–Trinajstić information content (AvgIpc) is 2.80. The second-order valence-electron chi connectivity index (χ2n) is 10.7. The van der Waals surface area contributed by atoms with Crippen molar-refractivity contribution in [3.63, 3.8) is 0 Å². The van der Waals surface area contributed by atoms with Gasteiger partial charge < -0.3 is 15.5 Å². The third-order valence-electron chi connectivity index (χ3n) is 8.29. The SMILES string of the molecule is O=C(Nc1ccccc1NC12CC3CC(CC(C3)C1)C2)C1CCCN(c2cnccn2)C1. The number of nitrogens with zero attached hydrogens (tertiary/aromatic N) is 3. The fourth-order valence-electron chi connectivity index (χ4n) is 7.34. The van der Waals surface area contributed by atoms with Crippen LogP contribution in [0, 0.1) is 23.7 Å². The summed E-state index contributed by atoms with van der Waals surface area (Å²) in [5, 5.41) is 7.23. The van der Waals surface area contributed by atoms with Crippen LogP contribution in [-0.4, -0.2) is 34.5 Å². The van der Waals surface area contributed by atoms with E-state index in [1.807, 2.05) is 12.1 Å². The van der Waals surface area contributed by atoms with E-state index in [0.29, 0.717) is 6.54 Å². The number of nitrogens with one attached hydrogen (secondary N) is 2. The molecular weight excluding hydrogens is 398 g/mol. The smallest absolute Gasteiger partial charge is 0.229 e. The van der Waals surface area contributed by atoms with E-state index in [1.54, 1.807) is 18.6 Å². The summed E-state index contributed by atoms with van der Waals surface area (Å²) in [6.45, 7) is 1.61. The van der Waals surface area contributed by atoms with Gasteiger partial charge in [-0.2, -0.15) is 0 Å². The van der Waals surface area contributed by atoms with Gasteiger partial charge in [-0.1, -0.05) is 12.1 Å². The van der Waals surface area contributed by atoms with E-state index in [-0.39, 0.29) is 17.4 Å². The summed E-state index contributed by atoms with van der Waals surface area (Å²) in [5.41, 5.74) is 2.23. The van der Waals surface area contributed by atoms with Crippen LogP contribution in [0.15, 0.2) is 42.9 Å². The first-order valence-electron chi connectivity index (χ1n) is 12.3. The number of hydrogen-bond donors (Lipinski definition) is 2. The van der Waals surface area contributed by atoms with Crippen LogP contribution in [0.2, 0.25) is 0 Å². The van der Waals surface area contributed by atoms with E-state index in [0.717, 1.165) is 54.3 Å². The summed E-state index contributed by atoms with van der Waals surface area (Å²) >= 11 is 0. The molecule has 2 N–H and O–H groups in total. The molecule has 1 aliphatic heterocycles. The highest BCUT2D eigenvalue weighted by Gasteiger charge is 2.51. The number of benzene rings is 1. The zero-order valence-corrected chi connectivity index (χ0v) is 18.7. The Morgan fingerprint density at radius 3 is 2.41 bits per heavy atom. The lowest BCUT2D eigenvalue weighted by Gasteiger charge is -2.57. The monoisotopic (exact) mass is 431 g/mol. The molecule has 4 saturated carbocycles. The highest BCUT2D eigenvalue weighted by atomic mass is 16.1. The standard InChI is InChI=1S/C26H33N5O/c32-25(21-4-3-9-31(17-21)24-16-27-7-8-28-24)29-22-5-1-2-6-23(22)30-26-13-18-10-19(14-26)12-20(11-18)15-26/h1-2,5-8,16,18-21,30H,3-4,9-15,17H2,(H,29,32). The predicted molar refractivity (Wildman–Crippen MR) is 127 cm³/mol. The second-order valence-corrected chi connectivity index (χ2v) is 10.7. The van der Waals surface area contributed by atoms with E-state index < -0.39 is 0 Å². The van der Waals surface area contributed by atoms with Gasteiger partial charge >= 0.3 is 0 Å². The lowest BCUT2D eigenvalue weighted by molar-refractivity contribution is -0.120. The first kappa shape index (κ1) is 20.0. The molecule has 1 unspecified atom stereocenters. The van der Waals surface area contributed by atoms with Gasteiger partial charge in [0.2, 0.25) is 5.91 Å². The molecule has 1 amide bonds. The van der Waals surface area contributed by atoms with Crippen molar-refractivity contribution in [2.45, 2.75) is 56.9 Å². The molecule has 1 atom stereocenters. The van der Waals surface area contributed by atoms with E-state index in [2.05, 4.69) is 37.6 Å². The largest absolute Gasteiger partial charge is 0.378 e. The van der Waals surface area contributed by atoms with E-state index in [9.17, 15) is 4.79 Å². The molecule has 0 radical (unpaired) electrons. The summed E-state index contributed by atoms with van der Waals surface area (Å²) in [4.78, 5) is 24.0. The number of carbonyl (C=O) groups excluding carboxylic acids is 1. The van der Waals surface area contributed by atoms with Crippen molar-refractivity contribution in [2.24, 2.45) is 23.7 Å². The van der Waals surface area contributed by atoms with Gasteiger partial charge in [0, 0.05) is 31.0 Å². The lowest BCUT2D eigenvalue weighted by Crippen LogP contribution is -2.54. The van der Waals surface area contributed by atoms with Gasteiger partial charge in [-0.25, -0.2) is 4.98 Å². The molecule has 1 aromatic carbocycles. The Hall–Kier alpha value is -2.63. The zero-order chi connectivity index (χ0) is 21.5. The molecule has 4 bridgehead atoms. The highest BCUT2D eigenvalue weighted by Crippen LogP contribution is 2.56. The fraction of sp³-hybridized carbons (Fsp3) is 0.577. The second kappa shape index (κ2) is 8.05. The topological polar surface area (TPSA) is 70.2 Å². The van der Waals surface area contributed by atoms with Crippen LogP contribution in [0.4, 0.5) is 17.2 Å². The van der Waals surface area contributed by atoms with E-state index in [1.165, 1.54) is 38.5 Å². The quantitative estimate of drug-likeness (QED) is 0.717. The van der Waals surface area contributed by atoms with Crippen molar-refractivity contribution in [3.8, 4) is 0 Å². The number of rotatable bonds is 5. The maximum Gasteiger partial charge on any atom is 0.229 e. The minimum absolute atomic E-state index is 0.0432. The van der Waals surface area contributed by atoms with Gasteiger partial charge in [0.05, 0.1) is 23.5 Å². The predicted octanol–water partition coefficient (Wildman–Crippen LogP) is 4.71. The van der Waals surface area contributed by atoms with Crippen molar-refractivity contribution >= 4 is 23.1 Å². The van der Waals surface area contributed by atoms with Crippen molar-refractivity contribution in [3.05, 3.63) is 42.9 Å². The number of hydrogen-bond acceptors (Lipinski definition) is 5. The van der Waals surface area contributed by atoms with Gasteiger partial charge in [0.25, 0.3) is 0 Å². The van der Waals surface area contributed by atoms with Crippen LogP contribution >= 0.6 is 0 Å². The fourth-order valence-corrected chi connectivity index (χ4v) is 7.34. The molecular formula is C26H33N5O. The average molecular weight is 432 g/mol. The summed E-state index contributed by atoms with van der Waals surface area (Å²) in [5.74, 6) is 3.60. The highest BCUT2D eigenvalue weighted by molar-refractivity contribution is 5.96. The number of piperidine rings is 1. The molecule has 1 aromatic heterocycles. The Balaban J connectivity index is 1.16. The van der Waals surface area contributed by atoms with Gasteiger partial charge in [-0.15, -0.1) is 0 Å². The maximum absolute atomic E-state index is 13.3. The zero-order valence-electron chi connectivity index (χ0n) is 18.7. The molecule has 4 aliphatic carbocycles. The van der Waals surface area contributed by atoms with Crippen LogP contribution in [0.3, 0.4) is 0 Å². The van der Waals surface area contributed by atoms with Gasteiger partial charge in [0.1, 0.15) is 5.82 Å². The van der Waals surface area contributed by atoms with E-state index in [4.69, 9.17) is 0 Å².